The standard InChI is InChI=1S/C10H13Cl2FN2/c11-3-5-15(6-4-12)8-1-2-10(14)9(13)7-8/h1-2,7H,3-6,14H2. The number of halogens is 3. The van der Waals surface area contributed by atoms with Crippen LogP contribution in [0.25, 0.3) is 0 Å². The van der Waals surface area contributed by atoms with Gasteiger partial charge in [-0.15, -0.1) is 23.2 Å². The molecule has 0 amide bonds. The molecular weight excluding hydrogens is 238 g/mol. The van der Waals surface area contributed by atoms with Crippen LogP contribution in [0.2, 0.25) is 0 Å². The molecule has 1 rings (SSSR count). The van der Waals surface area contributed by atoms with Crippen molar-refractivity contribution in [1.82, 2.24) is 0 Å². The van der Waals surface area contributed by atoms with Gasteiger partial charge in [0.15, 0.2) is 0 Å². The molecule has 0 aliphatic heterocycles. The van der Waals surface area contributed by atoms with Gasteiger partial charge in [0.05, 0.1) is 5.69 Å². The molecule has 2 nitrogen and oxygen atoms in total. The smallest absolute Gasteiger partial charge is 0.148 e. The molecule has 2 N–H and O–H groups in total. The Morgan fingerprint density at radius 1 is 1.20 bits per heavy atom. The van der Waals surface area contributed by atoms with Gasteiger partial charge in [-0.1, -0.05) is 0 Å². The van der Waals surface area contributed by atoms with Crippen molar-refractivity contribution in [3.8, 4) is 0 Å². The maximum Gasteiger partial charge on any atom is 0.148 e. The summed E-state index contributed by atoms with van der Waals surface area (Å²) in [4.78, 5) is 1.92. The Morgan fingerprint density at radius 2 is 1.80 bits per heavy atom. The van der Waals surface area contributed by atoms with E-state index in [9.17, 15) is 4.39 Å². The summed E-state index contributed by atoms with van der Waals surface area (Å²) in [5.74, 6) is 0.535. The van der Waals surface area contributed by atoms with Crippen LogP contribution in [-0.4, -0.2) is 24.8 Å². The molecule has 5 heteroatoms. The lowest BCUT2D eigenvalue weighted by Crippen LogP contribution is -2.27. The van der Waals surface area contributed by atoms with Crippen molar-refractivity contribution in [2.45, 2.75) is 0 Å². The maximum absolute atomic E-state index is 13.2. The molecular formula is C10H13Cl2FN2. The predicted octanol–water partition coefficient (Wildman–Crippen LogP) is 2.69. The van der Waals surface area contributed by atoms with Gasteiger partial charge in [-0.2, -0.15) is 0 Å². The summed E-state index contributed by atoms with van der Waals surface area (Å²) in [5, 5.41) is 0. The molecule has 0 atom stereocenters. The Balaban J connectivity index is 2.85. The second-order valence-corrected chi connectivity index (χ2v) is 3.83. The van der Waals surface area contributed by atoms with E-state index in [2.05, 4.69) is 0 Å². The largest absolute Gasteiger partial charge is 0.396 e. The van der Waals surface area contributed by atoms with Crippen molar-refractivity contribution in [1.29, 1.82) is 0 Å². The van der Waals surface area contributed by atoms with Crippen LogP contribution in [0.1, 0.15) is 0 Å². The summed E-state index contributed by atoms with van der Waals surface area (Å²) in [6.07, 6.45) is 0. The third-order valence-corrected chi connectivity index (χ3v) is 2.40. The minimum absolute atomic E-state index is 0.149. The highest BCUT2D eigenvalue weighted by Crippen LogP contribution is 2.19. The number of anilines is 2. The number of rotatable bonds is 5. The van der Waals surface area contributed by atoms with Gasteiger partial charge in [-0.25, -0.2) is 4.39 Å². The van der Waals surface area contributed by atoms with Gasteiger partial charge in [0.25, 0.3) is 0 Å². The molecule has 1 aromatic rings. The lowest BCUT2D eigenvalue weighted by Gasteiger charge is -2.22. The molecule has 0 saturated heterocycles. The zero-order chi connectivity index (χ0) is 11.3. The fourth-order valence-electron chi connectivity index (χ4n) is 1.29. The Hall–Kier alpha value is -0.670. The second-order valence-electron chi connectivity index (χ2n) is 3.07. The van der Waals surface area contributed by atoms with Gasteiger partial charge in [0.2, 0.25) is 0 Å². The van der Waals surface area contributed by atoms with E-state index in [1.165, 1.54) is 6.07 Å². The van der Waals surface area contributed by atoms with Crippen molar-refractivity contribution >= 4 is 34.6 Å². The lowest BCUT2D eigenvalue weighted by atomic mass is 10.2. The molecule has 0 radical (unpaired) electrons. The number of hydrogen-bond acceptors (Lipinski definition) is 2. The SMILES string of the molecule is Nc1ccc(N(CCCl)CCCl)cc1F. The normalized spacial score (nSPS) is 10.3. The molecule has 0 aliphatic carbocycles. The fraction of sp³-hybridized carbons (Fsp3) is 0.400. The van der Waals surface area contributed by atoms with Crippen LogP contribution in [0.3, 0.4) is 0 Å². The second kappa shape index (κ2) is 6.03. The van der Waals surface area contributed by atoms with Crippen molar-refractivity contribution < 1.29 is 4.39 Å². The number of benzene rings is 1. The molecule has 0 fully saturated rings. The Kier molecular flexibility index (Phi) is 4.99. The summed E-state index contributed by atoms with van der Waals surface area (Å²) >= 11 is 11.3. The molecule has 0 unspecified atom stereocenters. The average Bonchev–Trinajstić information content (AvgIpc) is 2.22. The summed E-state index contributed by atoms with van der Waals surface area (Å²) < 4.78 is 13.2. The number of nitrogens with zero attached hydrogens (tertiary/aromatic N) is 1. The van der Waals surface area contributed by atoms with E-state index in [0.717, 1.165) is 5.69 Å². The highest BCUT2D eigenvalue weighted by atomic mass is 35.5. The summed E-state index contributed by atoms with van der Waals surface area (Å²) in [6.45, 7) is 1.27. The zero-order valence-corrected chi connectivity index (χ0v) is 9.73. The van der Waals surface area contributed by atoms with E-state index in [-0.39, 0.29) is 5.69 Å². The van der Waals surface area contributed by atoms with E-state index in [1.54, 1.807) is 12.1 Å². The highest BCUT2D eigenvalue weighted by Gasteiger charge is 2.07. The van der Waals surface area contributed by atoms with E-state index < -0.39 is 5.82 Å². The molecule has 0 bridgehead atoms. The lowest BCUT2D eigenvalue weighted by molar-refractivity contribution is 0.631. The van der Waals surface area contributed by atoms with Crippen LogP contribution in [0, 0.1) is 5.82 Å². The van der Waals surface area contributed by atoms with Crippen LogP contribution in [-0.2, 0) is 0 Å². The third-order valence-electron chi connectivity index (χ3n) is 2.06. The quantitative estimate of drug-likeness (QED) is 0.644. The number of alkyl halides is 2. The first-order valence-electron chi connectivity index (χ1n) is 4.61. The average molecular weight is 251 g/mol. The van der Waals surface area contributed by atoms with Gasteiger partial charge in [-0.3, -0.25) is 0 Å². The van der Waals surface area contributed by atoms with Crippen LogP contribution < -0.4 is 10.6 Å². The summed E-state index contributed by atoms with van der Waals surface area (Å²) in [7, 11) is 0. The first-order valence-corrected chi connectivity index (χ1v) is 5.68. The fourth-order valence-corrected chi connectivity index (χ4v) is 1.69. The number of hydrogen-bond donors (Lipinski definition) is 1. The molecule has 84 valence electrons. The predicted molar refractivity (Wildman–Crippen MR) is 64.5 cm³/mol. The van der Waals surface area contributed by atoms with Crippen LogP contribution in [0.4, 0.5) is 15.8 Å². The molecule has 0 saturated carbocycles. The highest BCUT2D eigenvalue weighted by molar-refractivity contribution is 6.18. The monoisotopic (exact) mass is 250 g/mol. The molecule has 0 aliphatic rings. The van der Waals surface area contributed by atoms with E-state index in [4.69, 9.17) is 28.9 Å². The molecule has 0 heterocycles. The molecule has 1 aromatic carbocycles. The van der Waals surface area contributed by atoms with Gasteiger partial charge >= 0.3 is 0 Å². The zero-order valence-electron chi connectivity index (χ0n) is 8.22. The Bertz CT molecular complexity index is 314. The van der Waals surface area contributed by atoms with Crippen molar-refractivity contribution in [2.24, 2.45) is 0 Å². The third kappa shape index (κ3) is 3.43. The number of nitrogen functional groups attached to an aromatic ring is 1. The molecule has 0 aromatic heterocycles. The first kappa shape index (κ1) is 12.4. The molecule has 0 spiro atoms. The van der Waals surface area contributed by atoms with Crippen molar-refractivity contribution in [2.75, 3.05) is 35.5 Å². The Morgan fingerprint density at radius 3 is 2.27 bits per heavy atom. The van der Waals surface area contributed by atoms with Gasteiger partial charge < -0.3 is 10.6 Å². The number of nitrogens with two attached hydrogens (primary N) is 1. The summed E-state index contributed by atoms with van der Waals surface area (Å²) in [5.41, 5.74) is 6.29. The minimum atomic E-state index is -0.415. The van der Waals surface area contributed by atoms with Crippen LogP contribution in [0.5, 0.6) is 0 Å². The summed E-state index contributed by atoms with van der Waals surface area (Å²) in [6, 6.07) is 4.70. The van der Waals surface area contributed by atoms with E-state index in [1.807, 2.05) is 4.90 Å². The van der Waals surface area contributed by atoms with Crippen molar-refractivity contribution in [3.05, 3.63) is 24.0 Å². The van der Waals surface area contributed by atoms with Crippen LogP contribution >= 0.6 is 23.2 Å². The van der Waals surface area contributed by atoms with Crippen LogP contribution in [0.15, 0.2) is 18.2 Å². The van der Waals surface area contributed by atoms with E-state index in [0.29, 0.717) is 24.8 Å². The first-order chi connectivity index (χ1) is 7.19. The molecule has 15 heavy (non-hydrogen) atoms. The van der Waals surface area contributed by atoms with E-state index >= 15 is 0 Å². The van der Waals surface area contributed by atoms with Crippen molar-refractivity contribution in [3.63, 3.8) is 0 Å². The minimum Gasteiger partial charge on any atom is -0.396 e. The van der Waals surface area contributed by atoms with Gasteiger partial charge in [0.1, 0.15) is 5.82 Å². The topological polar surface area (TPSA) is 29.3 Å². The van der Waals surface area contributed by atoms with Gasteiger partial charge in [0, 0.05) is 30.5 Å². The Labute approximate surface area is 98.8 Å². The van der Waals surface area contributed by atoms with Gasteiger partial charge in [-0.05, 0) is 18.2 Å². The maximum atomic E-state index is 13.2.